The normalized spacial score (nSPS) is 22.2. The van der Waals surface area contributed by atoms with Crippen molar-refractivity contribution in [3.05, 3.63) is 35.4 Å². The van der Waals surface area contributed by atoms with Crippen LogP contribution in [0.5, 0.6) is 0 Å². The van der Waals surface area contributed by atoms with E-state index >= 15 is 0 Å². The first-order valence-electron chi connectivity index (χ1n) is 3.87. The minimum atomic E-state index is 0.121. The molecule has 1 aliphatic heterocycles. The summed E-state index contributed by atoms with van der Waals surface area (Å²) in [6.45, 7) is 0.800. The van der Waals surface area contributed by atoms with Gasteiger partial charge in [-0.1, -0.05) is 36.5 Å². The second kappa shape index (κ2) is 2.94. The third-order valence-electron chi connectivity index (χ3n) is 2.21. The van der Waals surface area contributed by atoms with E-state index in [2.05, 4.69) is 12.1 Å². The number of hydrazine groups is 1. The van der Waals surface area contributed by atoms with E-state index in [1.807, 2.05) is 12.1 Å². The molecule has 1 aromatic carbocycles. The highest BCUT2D eigenvalue weighted by Crippen LogP contribution is 2.29. The van der Waals surface area contributed by atoms with Gasteiger partial charge in [0.05, 0.1) is 6.04 Å². The lowest BCUT2D eigenvalue weighted by molar-refractivity contribution is 0.277. The van der Waals surface area contributed by atoms with Crippen molar-refractivity contribution in [2.45, 2.75) is 12.6 Å². The number of hydrogen-bond donors (Lipinski definition) is 1. The number of nitrogens with two attached hydrogens (primary N) is 1. The third-order valence-corrected chi connectivity index (χ3v) is 2.47. The van der Waals surface area contributed by atoms with Crippen molar-refractivity contribution in [3.63, 3.8) is 0 Å². The second-order valence-electron chi connectivity index (χ2n) is 2.95. The van der Waals surface area contributed by atoms with Gasteiger partial charge < -0.3 is 0 Å². The van der Waals surface area contributed by atoms with Crippen LogP contribution < -0.4 is 5.84 Å². The molecule has 0 spiro atoms. The molecule has 0 fully saturated rings. The maximum absolute atomic E-state index is 5.78. The highest BCUT2D eigenvalue weighted by atomic mass is 32.1. The van der Waals surface area contributed by atoms with Crippen LogP contribution in [0.3, 0.4) is 0 Å². The Bertz CT molecular complexity index is 311. The first kappa shape index (κ1) is 7.86. The predicted octanol–water partition coefficient (Wildman–Crippen LogP) is 1.42. The van der Waals surface area contributed by atoms with E-state index in [1.54, 1.807) is 10.4 Å². The van der Waals surface area contributed by atoms with E-state index in [1.165, 1.54) is 11.1 Å². The fourth-order valence-corrected chi connectivity index (χ4v) is 1.89. The third kappa shape index (κ3) is 1.06. The molecule has 0 saturated heterocycles. The van der Waals surface area contributed by atoms with Crippen LogP contribution in [0, 0.1) is 0 Å². The Morgan fingerprint density at radius 2 is 2.25 bits per heavy atom. The summed E-state index contributed by atoms with van der Waals surface area (Å²) in [7, 11) is 0. The Balaban J connectivity index is 2.47. The van der Waals surface area contributed by atoms with E-state index in [9.17, 15) is 0 Å². The van der Waals surface area contributed by atoms with E-state index in [0.29, 0.717) is 0 Å². The van der Waals surface area contributed by atoms with Gasteiger partial charge in [0.15, 0.2) is 0 Å². The number of rotatable bonds is 1. The lowest BCUT2D eigenvalue weighted by Crippen LogP contribution is -2.29. The average molecular weight is 178 g/mol. The first-order chi connectivity index (χ1) is 5.83. The Hall–Kier alpha value is -0.770. The Morgan fingerprint density at radius 3 is 3.00 bits per heavy atom. The van der Waals surface area contributed by atoms with Crippen LogP contribution in [-0.2, 0) is 6.54 Å². The van der Waals surface area contributed by atoms with Gasteiger partial charge in [0.2, 0.25) is 0 Å². The standard InChI is InChI=1S/C9H10N2S/c10-11-5-7-3-1-2-4-8(7)9(11)6-12/h1-4,6,9H,5,10H2. The molecule has 2 rings (SSSR count). The Morgan fingerprint density at radius 1 is 1.50 bits per heavy atom. The second-order valence-corrected chi connectivity index (χ2v) is 3.22. The zero-order valence-corrected chi connectivity index (χ0v) is 7.42. The highest BCUT2D eigenvalue weighted by Gasteiger charge is 2.24. The van der Waals surface area contributed by atoms with Gasteiger partial charge in [-0.05, 0) is 11.1 Å². The average Bonchev–Trinajstić information content (AvgIpc) is 2.40. The van der Waals surface area contributed by atoms with Crippen LogP contribution in [-0.4, -0.2) is 10.4 Å². The molecule has 1 heterocycles. The van der Waals surface area contributed by atoms with Gasteiger partial charge in [-0.2, -0.15) is 0 Å². The van der Waals surface area contributed by atoms with Crippen molar-refractivity contribution in [1.29, 1.82) is 0 Å². The summed E-state index contributed by atoms with van der Waals surface area (Å²) in [5.74, 6) is 5.78. The minimum Gasteiger partial charge on any atom is -0.268 e. The van der Waals surface area contributed by atoms with E-state index in [4.69, 9.17) is 18.1 Å². The van der Waals surface area contributed by atoms with Crippen LogP contribution in [0.25, 0.3) is 0 Å². The van der Waals surface area contributed by atoms with Gasteiger partial charge >= 0.3 is 0 Å². The SMILES string of the molecule is NN1Cc2ccccc2C1C=S. The topological polar surface area (TPSA) is 29.3 Å². The van der Waals surface area contributed by atoms with Gasteiger partial charge in [-0.15, -0.1) is 0 Å². The fraction of sp³-hybridized carbons (Fsp3) is 0.222. The summed E-state index contributed by atoms with van der Waals surface area (Å²) in [5.41, 5.74) is 2.53. The highest BCUT2D eigenvalue weighted by molar-refractivity contribution is 7.79. The molecule has 0 aromatic heterocycles. The molecule has 0 amide bonds. The number of benzene rings is 1. The van der Waals surface area contributed by atoms with Gasteiger partial charge in [0.1, 0.15) is 0 Å². The molecule has 2 nitrogen and oxygen atoms in total. The van der Waals surface area contributed by atoms with Crippen molar-refractivity contribution in [2.75, 3.05) is 0 Å². The van der Waals surface area contributed by atoms with E-state index < -0.39 is 0 Å². The largest absolute Gasteiger partial charge is 0.268 e. The van der Waals surface area contributed by atoms with Gasteiger partial charge in [-0.3, -0.25) is 5.84 Å². The Kier molecular flexibility index (Phi) is 1.92. The van der Waals surface area contributed by atoms with Crippen LogP contribution in [0.1, 0.15) is 17.2 Å². The maximum atomic E-state index is 5.78. The van der Waals surface area contributed by atoms with Gasteiger partial charge in [-0.25, -0.2) is 5.01 Å². The van der Waals surface area contributed by atoms with E-state index in [0.717, 1.165) is 6.54 Å². The number of nitrogens with zero attached hydrogens (tertiary/aromatic N) is 1. The molecule has 0 aliphatic carbocycles. The van der Waals surface area contributed by atoms with Crippen LogP contribution in [0.2, 0.25) is 0 Å². The predicted molar refractivity (Wildman–Crippen MR) is 52.6 cm³/mol. The molecule has 12 heavy (non-hydrogen) atoms. The fourth-order valence-electron chi connectivity index (χ4n) is 1.59. The molecule has 0 radical (unpaired) electrons. The molecule has 2 N–H and O–H groups in total. The summed E-state index contributed by atoms with van der Waals surface area (Å²) >= 11 is 4.92. The van der Waals surface area contributed by atoms with Crippen molar-refractivity contribution in [2.24, 2.45) is 5.84 Å². The molecule has 1 unspecified atom stereocenters. The lowest BCUT2D eigenvalue weighted by Gasteiger charge is -2.13. The summed E-state index contributed by atoms with van der Waals surface area (Å²) < 4.78 is 0. The zero-order valence-electron chi connectivity index (χ0n) is 6.60. The number of fused-ring (bicyclic) bond motifs is 1. The molecule has 0 bridgehead atoms. The summed E-state index contributed by atoms with van der Waals surface area (Å²) in [4.78, 5) is 0. The molecular weight excluding hydrogens is 168 g/mol. The smallest absolute Gasteiger partial charge is 0.0780 e. The van der Waals surface area contributed by atoms with Crippen LogP contribution in [0.15, 0.2) is 24.3 Å². The van der Waals surface area contributed by atoms with Gasteiger partial charge in [0.25, 0.3) is 0 Å². The summed E-state index contributed by atoms with van der Waals surface area (Å²) in [6.07, 6.45) is 0. The molecule has 3 heteroatoms. The van der Waals surface area contributed by atoms with Crippen molar-refractivity contribution >= 4 is 17.6 Å². The number of hydrogen-bond acceptors (Lipinski definition) is 3. The van der Waals surface area contributed by atoms with Crippen LogP contribution in [0.4, 0.5) is 0 Å². The van der Waals surface area contributed by atoms with Gasteiger partial charge in [0, 0.05) is 11.9 Å². The maximum Gasteiger partial charge on any atom is 0.0780 e. The summed E-state index contributed by atoms with van der Waals surface area (Å²) in [6, 6.07) is 8.34. The first-order valence-corrected chi connectivity index (χ1v) is 4.34. The van der Waals surface area contributed by atoms with Crippen molar-refractivity contribution in [1.82, 2.24) is 5.01 Å². The molecule has 1 aromatic rings. The summed E-state index contributed by atoms with van der Waals surface area (Å²) in [5, 5.41) is 3.48. The van der Waals surface area contributed by atoms with Crippen LogP contribution >= 0.6 is 12.2 Å². The molecular formula is C9H10N2S. The molecule has 0 saturated carbocycles. The minimum absolute atomic E-state index is 0.121. The monoisotopic (exact) mass is 178 g/mol. The van der Waals surface area contributed by atoms with E-state index in [-0.39, 0.29) is 6.04 Å². The number of thiocarbonyl (C=S) groups is 1. The molecule has 1 atom stereocenters. The zero-order chi connectivity index (χ0) is 8.55. The molecule has 1 aliphatic rings. The quantitative estimate of drug-likeness (QED) is 0.521. The van der Waals surface area contributed by atoms with Crippen molar-refractivity contribution in [3.8, 4) is 0 Å². The Labute approximate surface area is 76.9 Å². The lowest BCUT2D eigenvalue weighted by atomic mass is 10.1. The molecule has 62 valence electrons. The van der Waals surface area contributed by atoms with Crippen molar-refractivity contribution < 1.29 is 0 Å².